The van der Waals surface area contributed by atoms with Crippen molar-refractivity contribution < 1.29 is 0 Å². The van der Waals surface area contributed by atoms with Gasteiger partial charge in [0.1, 0.15) is 0 Å². The summed E-state index contributed by atoms with van der Waals surface area (Å²) < 4.78 is 1.05. The first-order chi connectivity index (χ1) is 2.89. The predicted octanol–water partition coefficient (Wildman–Crippen LogP) is 1.52. The van der Waals surface area contributed by atoms with Crippen LogP contribution in [-0.4, -0.2) is 17.7 Å². The first-order valence-corrected chi connectivity index (χ1v) is 2.89. The zero-order valence-electron chi connectivity index (χ0n) is 4.41. The molecule has 1 heteroatoms. The van der Waals surface area contributed by atoms with E-state index in [-0.39, 0.29) is 0 Å². The Morgan fingerprint density at radius 1 is 1.17 bits per heavy atom. The molecule has 0 radical (unpaired) electrons. The van der Waals surface area contributed by atoms with Gasteiger partial charge in [-0.05, 0) is 0 Å². The average molecular weight is 76.1 g/mol. The van der Waals surface area contributed by atoms with Crippen molar-refractivity contribution in [3.05, 3.63) is 0 Å². The van der Waals surface area contributed by atoms with E-state index in [0.29, 0.717) is 0 Å². The summed E-state index contributed by atoms with van der Waals surface area (Å²) in [7, 11) is 0. The van der Waals surface area contributed by atoms with E-state index in [1.54, 1.807) is 0 Å². The van der Waals surface area contributed by atoms with Crippen molar-refractivity contribution in [3.63, 3.8) is 0 Å². The topological polar surface area (TPSA) is 0 Å². The van der Waals surface area contributed by atoms with Crippen LogP contribution in [0.4, 0.5) is 0 Å². The molecule has 1 saturated carbocycles. The molecular weight excluding hydrogens is 67.0 g/mol. The summed E-state index contributed by atoms with van der Waals surface area (Å²) in [5.41, 5.74) is 0. The van der Waals surface area contributed by atoms with E-state index in [2.05, 4.69) is 17.7 Å². The molecule has 0 atom stereocenters. The van der Waals surface area contributed by atoms with Gasteiger partial charge in [-0.25, -0.2) is 0 Å². The summed E-state index contributed by atoms with van der Waals surface area (Å²) in [6.45, 7) is 0. The molecular formula is C5H9Li. The Labute approximate surface area is 48.5 Å². The van der Waals surface area contributed by atoms with Crippen molar-refractivity contribution >= 4 is 17.7 Å². The van der Waals surface area contributed by atoms with Crippen molar-refractivity contribution in [1.29, 1.82) is 0 Å². The first-order valence-electron chi connectivity index (χ1n) is 2.89. The molecule has 0 aromatic carbocycles. The molecule has 0 spiro atoms. The molecule has 0 saturated heterocycles. The number of hydrogen-bond donors (Lipinski definition) is 0. The van der Waals surface area contributed by atoms with E-state index < -0.39 is 0 Å². The van der Waals surface area contributed by atoms with Gasteiger partial charge in [0.05, 0.1) is 0 Å². The van der Waals surface area contributed by atoms with E-state index in [9.17, 15) is 0 Å². The molecule has 0 aromatic heterocycles. The molecule has 0 amide bonds. The minimum absolute atomic E-state index is 1.05. The first kappa shape index (κ1) is 4.75. The fraction of sp³-hybridized carbons (Fsp3) is 1.00. The van der Waals surface area contributed by atoms with Crippen LogP contribution in [0.2, 0.25) is 4.59 Å². The van der Waals surface area contributed by atoms with Crippen LogP contribution < -0.4 is 0 Å². The van der Waals surface area contributed by atoms with Crippen LogP contribution >= 0.6 is 0 Å². The minimum atomic E-state index is 1.05. The third-order valence-corrected chi connectivity index (χ3v) is 1.64. The van der Waals surface area contributed by atoms with E-state index >= 15 is 0 Å². The third kappa shape index (κ3) is 1.03. The van der Waals surface area contributed by atoms with Gasteiger partial charge in [-0.15, -0.1) is 0 Å². The Morgan fingerprint density at radius 3 is 1.83 bits per heavy atom. The monoisotopic (exact) mass is 76.1 g/mol. The maximum atomic E-state index is 2.34. The van der Waals surface area contributed by atoms with Gasteiger partial charge < -0.3 is 0 Å². The molecule has 0 bridgehead atoms. The summed E-state index contributed by atoms with van der Waals surface area (Å²) in [4.78, 5) is 0. The summed E-state index contributed by atoms with van der Waals surface area (Å²) in [6, 6.07) is 0. The number of rotatable bonds is 0. The molecule has 0 aromatic rings. The Kier molecular flexibility index (Phi) is 1.62. The van der Waals surface area contributed by atoms with Crippen LogP contribution in [0.1, 0.15) is 25.7 Å². The molecule has 1 fully saturated rings. The maximum absolute atomic E-state index is 2.34. The van der Waals surface area contributed by atoms with E-state index in [1.807, 2.05) is 0 Å². The van der Waals surface area contributed by atoms with E-state index in [4.69, 9.17) is 0 Å². The Bertz CT molecular complexity index is 37.2. The van der Waals surface area contributed by atoms with Gasteiger partial charge >= 0.3 is 48.0 Å². The molecule has 6 heavy (non-hydrogen) atoms. The van der Waals surface area contributed by atoms with Crippen LogP contribution in [0.5, 0.6) is 0 Å². The summed E-state index contributed by atoms with van der Waals surface area (Å²) in [5, 5.41) is 0. The second-order valence-corrected chi connectivity index (χ2v) is 2.39. The zero-order chi connectivity index (χ0) is 4.41. The zero-order valence-corrected chi connectivity index (χ0v) is 4.41. The van der Waals surface area contributed by atoms with Gasteiger partial charge in [-0.2, -0.15) is 0 Å². The summed E-state index contributed by atoms with van der Waals surface area (Å²) in [6.07, 6.45) is 5.95. The van der Waals surface area contributed by atoms with E-state index in [0.717, 1.165) is 4.59 Å². The van der Waals surface area contributed by atoms with Crippen LogP contribution in [0.3, 0.4) is 0 Å². The fourth-order valence-electron chi connectivity index (χ4n) is 1.13. The van der Waals surface area contributed by atoms with Crippen molar-refractivity contribution in [3.8, 4) is 0 Å². The van der Waals surface area contributed by atoms with Gasteiger partial charge in [-0.3, -0.25) is 0 Å². The normalized spacial score (nSPS) is 25.7. The van der Waals surface area contributed by atoms with E-state index in [1.165, 1.54) is 25.7 Å². The Morgan fingerprint density at radius 2 is 1.67 bits per heavy atom. The standard InChI is InChI=1S/C5H9.Li/c1-2-4-5-3-1;/h1H,2-5H2;. The SMILES string of the molecule is [Li][CH]1CCCC1. The molecule has 1 aliphatic rings. The molecule has 0 heterocycles. The quantitative estimate of drug-likeness (QED) is 0.384. The number of hydrogen-bond acceptors (Lipinski definition) is 0. The van der Waals surface area contributed by atoms with Crippen LogP contribution in [0, 0.1) is 0 Å². The molecule has 0 N–H and O–H groups in total. The third-order valence-electron chi connectivity index (χ3n) is 1.64. The molecule has 0 nitrogen and oxygen atoms in total. The Balaban J connectivity index is 2.18. The van der Waals surface area contributed by atoms with Crippen LogP contribution in [0.15, 0.2) is 0 Å². The molecule has 0 aliphatic heterocycles. The van der Waals surface area contributed by atoms with Crippen LogP contribution in [0.25, 0.3) is 0 Å². The molecule has 0 unspecified atom stereocenters. The fourth-order valence-corrected chi connectivity index (χ4v) is 1.13. The van der Waals surface area contributed by atoms with Gasteiger partial charge in [0, 0.05) is 0 Å². The Hall–Kier alpha value is 0.597. The average Bonchev–Trinajstić information content (AvgIpc) is 1.86. The van der Waals surface area contributed by atoms with Gasteiger partial charge in [-0.1, -0.05) is 0 Å². The second-order valence-electron chi connectivity index (χ2n) is 2.39. The summed E-state index contributed by atoms with van der Waals surface area (Å²) >= 11 is 2.34. The molecule has 1 aliphatic carbocycles. The van der Waals surface area contributed by atoms with Crippen LogP contribution in [-0.2, 0) is 0 Å². The van der Waals surface area contributed by atoms with Crippen molar-refractivity contribution in [2.75, 3.05) is 0 Å². The van der Waals surface area contributed by atoms with Gasteiger partial charge in [0.15, 0.2) is 0 Å². The second kappa shape index (κ2) is 2.05. The summed E-state index contributed by atoms with van der Waals surface area (Å²) in [5.74, 6) is 0. The van der Waals surface area contributed by atoms with Crippen molar-refractivity contribution in [1.82, 2.24) is 0 Å². The van der Waals surface area contributed by atoms with Crippen molar-refractivity contribution in [2.24, 2.45) is 0 Å². The van der Waals surface area contributed by atoms with Gasteiger partial charge in [0.25, 0.3) is 0 Å². The molecule has 30 valence electrons. The molecule has 1 rings (SSSR count). The predicted molar refractivity (Wildman–Crippen MR) is 28.0 cm³/mol. The van der Waals surface area contributed by atoms with Gasteiger partial charge in [0.2, 0.25) is 0 Å². The van der Waals surface area contributed by atoms with Crippen molar-refractivity contribution in [2.45, 2.75) is 30.3 Å².